The smallest absolute Gasteiger partial charge is 0.195 e. The van der Waals surface area contributed by atoms with Gasteiger partial charge in [0, 0.05) is 6.54 Å². The van der Waals surface area contributed by atoms with Crippen LogP contribution in [0.5, 0.6) is 0 Å². The van der Waals surface area contributed by atoms with Crippen LogP contribution in [0.2, 0.25) is 0 Å². The second-order valence-corrected chi connectivity index (χ2v) is 2.28. The van der Waals surface area contributed by atoms with E-state index in [-0.39, 0.29) is 24.3 Å². The first kappa shape index (κ1) is 19.0. The van der Waals surface area contributed by atoms with Gasteiger partial charge in [0.05, 0.1) is 0 Å². The summed E-state index contributed by atoms with van der Waals surface area (Å²) in [5, 5.41) is 19.0. The molecule has 15 heavy (non-hydrogen) atoms. The monoisotopic (exact) mass is 235 g/mol. The van der Waals surface area contributed by atoms with Crippen molar-refractivity contribution in [1.82, 2.24) is 10.6 Å². The minimum atomic E-state index is -0.209. The van der Waals surface area contributed by atoms with E-state index >= 15 is 0 Å². The predicted molar refractivity (Wildman–Crippen MR) is 63.0 cm³/mol. The summed E-state index contributed by atoms with van der Waals surface area (Å²) < 4.78 is 0. The largest absolute Gasteiger partial charge is 0.373 e. The molecule has 0 aliphatic rings. The molecule has 0 aliphatic carbocycles. The Morgan fingerprint density at radius 1 is 1.40 bits per heavy atom. The number of hydrogen-bond acceptors (Lipinski definition) is 2. The van der Waals surface area contributed by atoms with Crippen molar-refractivity contribution in [2.45, 2.75) is 19.8 Å². The van der Waals surface area contributed by atoms with Crippen molar-refractivity contribution in [1.29, 1.82) is 10.8 Å². The molecule has 0 saturated heterocycles. The SMILES string of the molecule is CCCCNC(=N)NC(=N)N.Cl.[N-]=[N+]=[N-]. The van der Waals surface area contributed by atoms with E-state index in [2.05, 4.69) is 17.6 Å². The second-order valence-electron chi connectivity index (χ2n) is 2.28. The number of unbranched alkanes of at least 4 members (excludes halogenated alkanes) is 1. The fourth-order valence-electron chi connectivity index (χ4n) is 0.569. The number of guanidine groups is 2. The first-order chi connectivity index (χ1) is 6.58. The lowest BCUT2D eigenvalue weighted by Gasteiger charge is -2.06. The van der Waals surface area contributed by atoms with Crippen molar-refractivity contribution in [2.75, 3.05) is 6.54 Å². The number of halogens is 1. The Bertz CT molecular complexity index is 209. The van der Waals surface area contributed by atoms with Crippen LogP contribution < -0.4 is 16.4 Å². The van der Waals surface area contributed by atoms with Gasteiger partial charge in [-0.05, 0) is 6.42 Å². The highest BCUT2D eigenvalue weighted by molar-refractivity contribution is 5.94. The summed E-state index contributed by atoms with van der Waals surface area (Å²) in [4.78, 5) is 1.50. The van der Waals surface area contributed by atoms with Crippen LogP contribution in [0.3, 0.4) is 0 Å². The zero-order chi connectivity index (χ0) is 11.4. The van der Waals surface area contributed by atoms with Crippen LogP contribution >= 0.6 is 12.4 Å². The maximum absolute atomic E-state index is 7.15. The third kappa shape index (κ3) is 24.5. The summed E-state index contributed by atoms with van der Waals surface area (Å²) >= 11 is 0. The number of nitrogens with zero attached hydrogens (tertiary/aromatic N) is 3. The molecule has 9 heteroatoms. The molecule has 0 bridgehead atoms. The van der Waals surface area contributed by atoms with Gasteiger partial charge < -0.3 is 22.1 Å². The fourth-order valence-corrected chi connectivity index (χ4v) is 0.569. The average Bonchev–Trinajstić information content (AvgIpc) is 2.04. The molecule has 0 rings (SSSR count). The van der Waals surface area contributed by atoms with E-state index < -0.39 is 0 Å². The van der Waals surface area contributed by atoms with Crippen LogP contribution in [0.15, 0.2) is 0 Å². The molecule has 0 radical (unpaired) electrons. The molecule has 0 aromatic rings. The van der Waals surface area contributed by atoms with E-state index in [1.54, 1.807) is 0 Å². The lowest BCUT2D eigenvalue weighted by Crippen LogP contribution is -2.43. The quantitative estimate of drug-likeness (QED) is 0.124. The van der Waals surface area contributed by atoms with Gasteiger partial charge in [-0.1, -0.05) is 13.3 Å². The van der Waals surface area contributed by atoms with Gasteiger partial charge in [-0.15, -0.1) is 12.4 Å². The molecule has 0 heterocycles. The molecule has 0 atom stereocenters. The average molecular weight is 236 g/mol. The van der Waals surface area contributed by atoms with Crippen LogP contribution in [0.1, 0.15) is 19.8 Å². The van der Waals surface area contributed by atoms with Crippen LogP contribution in [0.4, 0.5) is 0 Å². The molecule has 0 aromatic heterocycles. The fraction of sp³-hybridized carbons (Fsp3) is 0.667. The highest BCUT2D eigenvalue weighted by Gasteiger charge is 1.93. The Morgan fingerprint density at radius 3 is 2.20 bits per heavy atom. The summed E-state index contributed by atoms with van der Waals surface area (Å²) in [5.74, 6) is -0.120. The van der Waals surface area contributed by atoms with Gasteiger partial charge in [-0.2, -0.15) is 0 Å². The van der Waals surface area contributed by atoms with Crippen LogP contribution in [0.25, 0.3) is 16.0 Å². The van der Waals surface area contributed by atoms with Gasteiger partial charge >= 0.3 is 0 Å². The first-order valence-corrected chi connectivity index (χ1v) is 4.00. The van der Waals surface area contributed by atoms with Gasteiger partial charge in [0.2, 0.25) is 0 Å². The summed E-state index contributed by atoms with van der Waals surface area (Å²) in [7, 11) is 0. The van der Waals surface area contributed by atoms with Crippen molar-refractivity contribution in [3.8, 4) is 0 Å². The van der Waals surface area contributed by atoms with Crippen molar-refractivity contribution in [2.24, 2.45) is 5.73 Å². The van der Waals surface area contributed by atoms with E-state index in [4.69, 9.17) is 27.6 Å². The molecule has 6 N–H and O–H groups in total. The van der Waals surface area contributed by atoms with E-state index in [9.17, 15) is 0 Å². The Hall–Kier alpha value is -1.66. The first-order valence-electron chi connectivity index (χ1n) is 4.00. The van der Waals surface area contributed by atoms with Crippen molar-refractivity contribution < 1.29 is 0 Å². The molecule has 0 saturated carbocycles. The zero-order valence-electron chi connectivity index (χ0n) is 8.45. The molecule has 0 fully saturated rings. The lowest BCUT2D eigenvalue weighted by molar-refractivity contribution is 0.744. The normalized spacial score (nSPS) is 7.00. The molecule has 0 unspecified atom stereocenters. The van der Waals surface area contributed by atoms with E-state index in [0.717, 1.165) is 19.4 Å². The second kappa shape index (κ2) is 14.8. The van der Waals surface area contributed by atoms with Gasteiger partial charge in [0.1, 0.15) is 0 Å². The number of rotatable bonds is 3. The molecule has 0 aliphatic heterocycles. The van der Waals surface area contributed by atoms with E-state index in [0.29, 0.717) is 0 Å². The Morgan fingerprint density at radius 2 is 1.87 bits per heavy atom. The molecular formula is C6H16ClN8-. The summed E-state index contributed by atoms with van der Waals surface area (Å²) in [5.41, 5.74) is 18.5. The molecular weight excluding hydrogens is 220 g/mol. The molecule has 0 spiro atoms. The minimum absolute atomic E-state index is 0. The molecule has 0 aromatic carbocycles. The number of nitrogens with one attached hydrogen (secondary N) is 4. The predicted octanol–water partition coefficient (Wildman–Crippen LogP) is 1.08. The van der Waals surface area contributed by atoms with Crippen molar-refractivity contribution in [3.05, 3.63) is 16.0 Å². The Labute approximate surface area is 94.5 Å². The Balaban J connectivity index is -0.000000320. The topological polar surface area (TPSA) is 156 Å². The van der Waals surface area contributed by atoms with Crippen LogP contribution in [0, 0.1) is 10.8 Å². The van der Waals surface area contributed by atoms with Crippen molar-refractivity contribution >= 4 is 24.3 Å². The van der Waals surface area contributed by atoms with Crippen LogP contribution in [-0.4, -0.2) is 18.5 Å². The maximum Gasteiger partial charge on any atom is 0.195 e. The zero-order valence-corrected chi connectivity index (χ0v) is 9.27. The summed E-state index contributed by atoms with van der Waals surface area (Å²) in [6.07, 6.45) is 2.10. The third-order valence-corrected chi connectivity index (χ3v) is 1.09. The van der Waals surface area contributed by atoms with Gasteiger partial charge in [0.25, 0.3) is 0 Å². The highest BCUT2D eigenvalue weighted by atomic mass is 35.5. The summed E-state index contributed by atoms with van der Waals surface area (Å²) in [6.45, 7) is 2.82. The third-order valence-electron chi connectivity index (χ3n) is 1.09. The number of hydrogen-bond donors (Lipinski definition) is 5. The van der Waals surface area contributed by atoms with Gasteiger partial charge in [-0.25, -0.2) is 0 Å². The standard InChI is InChI=1S/C6H15N5.ClH.N3/c1-2-3-4-10-6(9)11-5(7)8;;1-3-2/h2-4H2,1H3,(H6,7,8,9,10,11);1H;/q;;-1. The minimum Gasteiger partial charge on any atom is -0.373 e. The highest BCUT2D eigenvalue weighted by Crippen LogP contribution is 1.80. The lowest BCUT2D eigenvalue weighted by atomic mass is 10.3. The van der Waals surface area contributed by atoms with E-state index in [1.807, 2.05) is 0 Å². The molecule has 8 nitrogen and oxygen atoms in total. The maximum atomic E-state index is 7.15. The summed E-state index contributed by atoms with van der Waals surface area (Å²) in [6, 6.07) is 0. The van der Waals surface area contributed by atoms with E-state index in [1.165, 1.54) is 4.91 Å². The van der Waals surface area contributed by atoms with Gasteiger partial charge in [0.15, 0.2) is 11.9 Å². The van der Waals surface area contributed by atoms with Crippen molar-refractivity contribution in [3.63, 3.8) is 0 Å². The Kier molecular flexibility index (Phi) is 18.8. The molecule has 0 amide bonds. The molecule has 88 valence electrons. The van der Waals surface area contributed by atoms with Gasteiger partial charge in [-0.3, -0.25) is 21.0 Å². The number of nitrogens with two attached hydrogens (primary N) is 1. The van der Waals surface area contributed by atoms with Crippen LogP contribution in [-0.2, 0) is 0 Å².